The number of para-hydroxylation sites is 1. The number of ether oxygens (including phenoxy) is 1. The fraction of sp³-hybridized carbons (Fsp3) is 0.143. The molecule has 0 spiro atoms. The van der Waals surface area contributed by atoms with E-state index < -0.39 is 11.9 Å². The summed E-state index contributed by atoms with van der Waals surface area (Å²) in [6, 6.07) is 11.7. The number of benzene rings is 2. The fourth-order valence-electron chi connectivity index (χ4n) is 1.60. The molecule has 0 unspecified atom stereocenters. The molecule has 0 radical (unpaired) electrons. The van der Waals surface area contributed by atoms with Crippen LogP contribution in [-0.4, -0.2) is 0 Å². The predicted molar refractivity (Wildman–Crippen MR) is 70.5 cm³/mol. The van der Waals surface area contributed by atoms with Crippen LogP contribution in [0.5, 0.6) is 11.5 Å². The van der Waals surface area contributed by atoms with E-state index in [1.807, 2.05) is 6.07 Å². The number of nitrogens with two attached hydrogens (primary N) is 1. The maximum absolute atomic E-state index is 14.2. The molecule has 1 atom stereocenters. The highest BCUT2D eigenvalue weighted by atomic mass is 35.5. The summed E-state index contributed by atoms with van der Waals surface area (Å²) in [5, 5.41) is 0.223. The minimum Gasteiger partial charge on any atom is -0.453 e. The van der Waals surface area contributed by atoms with Crippen LogP contribution in [0.1, 0.15) is 18.5 Å². The van der Waals surface area contributed by atoms with Gasteiger partial charge in [-0.05, 0) is 25.1 Å². The first kappa shape index (κ1) is 12.9. The number of hydrogen-bond donors (Lipinski definition) is 1. The Bertz CT molecular complexity index is 543. The second-order valence-corrected chi connectivity index (χ2v) is 4.39. The Morgan fingerprint density at radius 3 is 2.44 bits per heavy atom. The zero-order valence-electron chi connectivity index (χ0n) is 9.86. The summed E-state index contributed by atoms with van der Waals surface area (Å²) in [4.78, 5) is 0. The highest BCUT2D eigenvalue weighted by molar-refractivity contribution is 6.32. The van der Waals surface area contributed by atoms with Crippen molar-refractivity contribution in [2.45, 2.75) is 13.0 Å². The number of hydrogen-bond acceptors (Lipinski definition) is 2. The van der Waals surface area contributed by atoms with E-state index in [0.29, 0.717) is 11.3 Å². The molecule has 0 bridgehead atoms. The normalized spacial score (nSPS) is 12.2. The first-order valence-electron chi connectivity index (χ1n) is 5.56. The lowest BCUT2D eigenvalue weighted by Crippen LogP contribution is -2.08. The molecule has 0 aliphatic heterocycles. The Kier molecular flexibility index (Phi) is 3.84. The van der Waals surface area contributed by atoms with Gasteiger partial charge in [-0.2, -0.15) is 0 Å². The lowest BCUT2D eigenvalue weighted by Gasteiger charge is -2.13. The summed E-state index contributed by atoms with van der Waals surface area (Å²) < 4.78 is 19.6. The summed E-state index contributed by atoms with van der Waals surface area (Å²) in [7, 11) is 0. The van der Waals surface area contributed by atoms with Crippen molar-refractivity contribution in [1.82, 2.24) is 0 Å². The summed E-state index contributed by atoms with van der Waals surface area (Å²) in [5.74, 6) is 0.0270. The van der Waals surface area contributed by atoms with Gasteiger partial charge in [-0.3, -0.25) is 0 Å². The molecule has 0 heterocycles. The van der Waals surface area contributed by atoms with E-state index in [-0.39, 0.29) is 10.8 Å². The van der Waals surface area contributed by atoms with Crippen molar-refractivity contribution in [2.24, 2.45) is 5.73 Å². The number of halogens is 2. The molecule has 2 N–H and O–H groups in total. The van der Waals surface area contributed by atoms with E-state index in [1.165, 1.54) is 0 Å². The molecule has 0 amide bonds. The topological polar surface area (TPSA) is 35.2 Å². The minimum absolute atomic E-state index is 0.0117. The van der Waals surface area contributed by atoms with Crippen molar-refractivity contribution in [3.05, 3.63) is 58.9 Å². The second-order valence-electron chi connectivity index (χ2n) is 3.98. The van der Waals surface area contributed by atoms with Gasteiger partial charge in [0.1, 0.15) is 5.75 Å². The van der Waals surface area contributed by atoms with Gasteiger partial charge in [0.25, 0.3) is 0 Å². The molecular weight excluding hydrogens is 253 g/mol. The van der Waals surface area contributed by atoms with Gasteiger partial charge in [0.15, 0.2) is 11.6 Å². The third kappa shape index (κ3) is 2.63. The van der Waals surface area contributed by atoms with Crippen LogP contribution >= 0.6 is 11.6 Å². The Morgan fingerprint density at radius 1 is 1.17 bits per heavy atom. The van der Waals surface area contributed by atoms with E-state index in [4.69, 9.17) is 22.1 Å². The Balaban J connectivity index is 2.41. The molecule has 0 fully saturated rings. The largest absolute Gasteiger partial charge is 0.453 e. The quantitative estimate of drug-likeness (QED) is 0.898. The zero-order valence-corrected chi connectivity index (χ0v) is 10.6. The van der Waals surface area contributed by atoms with E-state index in [2.05, 4.69) is 0 Å². The Morgan fingerprint density at radius 2 is 1.83 bits per heavy atom. The lowest BCUT2D eigenvalue weighted by atomic mass is 10.1. The highest BCUT2D eigenvalue weighted by Crippen LogP contribution is 2.35. The predicted octanol–water partition coefficient (Wildman–Crippen LogP) is 4.29. The summed E-state index contributed by atoms with van der Waals surface area (Å²) >= 11 is 5.95. The molecule has 0 aliphatic carbocycles. The van der Waals surface area contributed by atoms with Gasteiger partial charge in [-0.25, -0.2) is 4.39 Å². The summed E-state index contributed by atoms with van der Waals surface area (Å²) in [6.45, 7) is 1.71. The van der Waals surface area contributed by atoms with E-state index >= 15 is 0 Å². The standard InChI is InChI=1S/C14H13ClFNO/c1-9(17)11-7-8-12(15)14(13(11)16)18-10-5-3-2-4-6-10/h2-9H,17H2,1H3/t9-/m0/s1. The Hall–Kier alpha value is -1.58. The highest BCUT2D eigenvalue weighted by Gasteiger charge is 2.16. The number of rotatable bonds is 3. The molecule has 0 aromatic heterocycles. The maximum Gasteiger partial charge on any atom is 0.181 e. The van der Waals surface area contributed by atoms with Crippen molar-refractivity contribution in [3.63, 3.8) is 0 Å². The third-order valence-electron chi connectivity index (χ3n) is 2.53. The van der Waals surface area contributed by atoms with Gasteiger partial charge in [0, 0.05) is 11.6 Å². The smallest absolute Gasteiger partial charge is 0.181 e. The Labute approximate surface area is 110 Å². The second kappa shape index (κ2) is 5.38. The summed E-state index contributed by atoms with van der Waals surface area (Å²) in [6.07, 6.45) is 0. The average molecular weight is 266 g/mol. The maximum atomic E-state index is 14.2. The SMILES string of the molecule is C[C@H](N)c1ccc(Cl)c(Oc2ccccc2)c1F. The van der Waals surface area contributed by atoms with E-state index in [1.54, 1.807) is 43.3 Å². The van der Waals surface area contributed by atoms with Gasteiger partial charge in [-0.1, -0.05) is 35.9 Å². The fourth-order valence-corrected chi connectivity index (χ4v) is 1.78. The van der Waals surface area contributed by atoms with Gasteiger partial charge < -0.3 is 10.5 Å². The zero-order chi connectivity index (χ0) is 13.1. The van der Waals surface area contributed by atoms with Crippen molar-refractivity contribution in [3.8, 4) is 11.5 Å². The van der Waals surface area contributed by atoms with E-state index in [0.717, 1.165) is 0 Å². The third-order valence-corrected chi connectivity index (χ3v) is 2.83. The van der Waals surface area contributed by atoms with Crippen molar-refractivity contribution in [1.29, 1.82) is 0 Å². The molecule has 4 heteroatoms. The summed E-state index contributed by atoms with van der Waals surface area (Å²) in [5.41, 5.74) is 6.07. The van der Waals surface area contributed by atoms with Crippen LogP contribution in [-0.2, 0) is 0 Å². The first-order valence-corrected chi connectivity index (χ1v) is 5.93. The van der Waals surface area contributed by atoms with Crippen LogP contribution in [0, 0.1) is 5.82 Å². The van der Waals surface area contributed by atoms with Gasteiger partial charge in [-0.15, -0.1) is 0 Å². The molecule has 0 saturated carbocycles. The molecule has 2 rings (SSSR count). The van der Waals surface area contributed by atoms with Crippen LogP contribution in [0.25, 0.3) is 0 Å². The molecule has 2 aromatic carbocycles. The van der Waals surface area contributed by atoms with Gasteiger partial charge >= 0.3 is 0 Å². The molecule has 0 saturated heterocycles. The molecule has 2 nitrogen and oxygen atoms in total. The van der Waals surface area contributed by atoms with Crippen LogP contribution in [0.2, 0.25) is 5.02 Å². The molecule has 2 aromatic rings. The average Bonchev–Trinajstić information content (AvgIpc) is 2.35. The van der Waals surface area contributed by atoms with Gasteiger partial charge in [0.05, 0.1) is 5.02 Å². The first-order chi connectivity index (χ1) is 8.59. The van der Waals surface area contributed by atoms with Gasteiger partial charge in [0.2, 0.25) is 0 Å². The minimum atomic E-state index is -0.513. The van der Waals surface area contributed by atoms with Crippen LogP contribution in [0.3, 0.4) is 0 Å². The lowest BCUT2D eigenvalue weighted by molar-refractivity contribution is 0.436. The molecular formula is C14H13ClFNO. The van der Waals surface area contributed by atoms with Crippen LogP contribution in [0.4, 0.5) is 4.39 Å². The van der Waals surface area contributed by atoms with Crippen molar-refractivity contribution in [2.75, 3.05) is 0 Å². The van der Waals surface area contributed by atoms with Crippen molar-refractivity contribution >= 4 is 11.6 Å². The van der Waals surface area contributed by atoms with Crippen molar-refractivity contribution < 1.29 is 9.13 Å². The van der Waals surface area contributed by atoms with E-state index in [9.17, 15) is 4.39 Å². The molecule has 94 valence electrons. The molecule has 18 heavy (non-hydrogen) atoms. The molecule has 0 aliphatic rings. The monoisotopic (exact) mass is 265 g/mol. The van der Waals surface area contributed by atoms with Crippen LogP contribution < -0.4 is 10.5 Å². The van der Waals surface area contributed by atoms with Crippen LogP contribution in [0.15, 0.2) is 42.5 Å².